The van der Waals surface area contributed by atoms with Crippen LogP contribution in [0.3, 0.4) is 0 Å². The molecule has 1 N–H and O–H groups in total. The van der Waals surface area contributed by atoms with E-state index in [9.17, 15) is 17.6 Å². The molecule has 0 aliphatic carbocycles. The Bertz CT molecular complexity index is 171. The van der Waals surface area contributed by atoms with Crippen molar-refractivity contribution in [3.8, 4) is 0 Å². The SMILES string of the molecule is CCC[C@H](F)[C@@H](F)COCC(F)C(F)CO. The number of halogens is 4. The molecule has 0 aliphatic rings. The van der Waals surface area contributed by atoms with Gasteiger partial charge in [0.15, 0.2) is 18.5 Å². The molecule has 0 heterocycles. The number of aliphatic hydroxyl groups excluding tert-OH is 1. The lowest BCUT2D eigenvalue weighted by atomic mass is 10.1. The minimum absolute atomic E-state index is 0.0754. The van der Waals surface area contributed by atoms with Gasteiger partial charge in [0.2, 0.25) is 0 Å². The first kappa shape index (κ1) is 15.6. The zero-order valence-electron chi connectivity index (χ0n) is 9.21. The summed E-state index contributed by atoms with van der Waals surface area (Å²) in [5.41, 5.74) is 0. The molecule has 6 heteroatoms. The maximum atomic E-state index is 13.0. The first-order valence-electron chi connectivity index (χ1n) is 5.27. The quantitative estimate of drug-likeness (QED) is 0.632. The van der Waals surface area contributed by atoms with Crippen LogP contribution in [0.15, 0.2) is 0 Å². The van der Waals surface area contributed by atoms with Gasteiger partial charge in [0, 0.05) is 0 Å². The van der Waals surface area contributed by atoms with Gasteiger partial charge in [-0.1, -0.05) is 13.3 Å². The molecule has 0 rings (SSSR count). The van der Waals surface area contributed by atoms with Crippen LogP contribution in [0.4, 0.5) is 17.6 Å². The zero-order valence-corrected chi connectivity index (χ0v) is 9.21. The van der Waals surface area contributed by atoms with E-state index in [1.165, 1.54) is 0 Å². The van der Waals surface area contributed by atoms with Crippen molar-refractivity contribution in [3.05, 3.63) is 0 Å². The molecule has 0 saturated carbocycles. The third kappa shape index (κ3) is 6.27. The van der Waals surface area contributed by atoms with Crippen molar-refractivity contribution in [2.75, 3.05) is 19.8 Å². The fourth-order valence-electron chi connectivity index (χ4n) is 1.07. The molecular formula is C10H18F4O2. The van der Waals surface area contributed by atoms with Crippen LogP contribution in [0.2, 0.25) is 0 Å². The van der Waals surface area contributed by atoms with E-state index in [-0.39, 0.29) is 6.42 Å². The molecule has 0 aromatic rings. The topological polar surface area (TPSA) is 29.5 Å². The molecule has 98 valence electrons. The fourth-order valence-corrected chi connectivity index (χ4v) is 1.07. The van der Waals surface area contributed by atoms with Gasteiger partial charge in [-0.05, 0) is 6.42 Å². The number of rotatable bonds is 9. The highest BCUT2D eigenvalue weighted by atomic mass is 19.2. The molecule has 0 spiro atoms. The molecule has 0 aromatic carbocycles. The van der Waals surface area contributed by atoms with Crippen molar-refractivity contribution in [2.24, 2.45) is 0 Å². The second-order valence-corrected chi connectivity index (χ2v) is 3.57. The van der Waals surface area contributed by atoms with Crippen molar-refractivity contribution >= 4 is 0 Å². The van der Waals surface area contributed by atoms with Gasteiger partial charge in [0.1, 0.15) is 6.17 Å². The van der Waals surface area contributed by atoms with Gasteiger partial charge in [0.05, 0.1) is 19.8 Å². The molecule has 0 bridgehead atoms. The molecule has 16 heavy (non-hydrogen) atoms. The molecule has 0 radical (unpaired) electrons. The van der Waals surface area contributed by atoms with Crippen molar-refractivity contribution in [1.29, 1.82) is 0 Å². The van der Waals surface area contributed by atoms with Crippen molar-refractivity contribution in [3.63, 3.8) is 0 Å². The number of alkyl halides is 4. The Morgan fingerprint density at radius 1 is 0.938 bits per heavy atom. The van der Waals surface area contributed by atoms with Crippen LogP contribution in [0.1, 0.15) is 19.8 Å². The van der Waals surface area contributed by atoms with E-state index in [2.05, 4.69) is 4.74 Å². The summed E-state index contributed by atoms with van der Waals surface area (Å²) in [6, 6.07) is 0. The van der Waals surface area contributed by atoms with Crippen molar-refractivity contribution in [1.82, 2.24) is 0 Å². The summed E-state index contributed by atoms with van der Waals surface area (Å²) < 4.78 is 55.5. The van der Waals surface area contributed by atoms with E-state index in [1.807, 2.05) is 0 Å². The summed E-state index contributed by atoms with van der Waals surface area (Å²) in [5, 5.41) is 8.27. The largest absolute Gasteiger partial charge is 0.393 e. The minimum atomic E-state index is -2.05. The van der Waals surface area contributed by atoms with Gasteiger partial charge in [-0.2, -0.15) is 0 Å². The Morgan fingerprint density at radius 3 is 1.88 bits per heavy atom. The molecular weight excluding hydrogens is 228 g/mol. The molecule has 0 aromatic heterocycles. The molecule has 0 saturated heterocycles. The van der Waals surface area contributed by atoms with Gasteiger partial charge in [-0.25, -0.2) is 17.6 Å². The normalized spacial score (nSPS) is 19.1. The van der Waals surface area contributed by atoms with Crippen LogP contribution in [-0.2, 0) is 4.74 Å². The predicted octanol–water partition coefficient (Wildman–Crippen LogP) is 2.15. The van der Waals surface area contributed by atoms with E-state index in [4.69, 9.17) is 5.11 Å². The maximum absolute atomic E-state index is 13.0. The molecule has 0 amide bonds. The summed E-state index contributed by atoms with van der Waals surface area (Å²) in [7, 11) is 0. The van der Waals surface area contributed by atoms with E-state index in [1.54, 1.807) is 6.92 Å². The average Bonchev–Trinajstić information content (AvgIpc) is 2.27. The monoisotopic (exact) mass is 246 g/mol. The highest BCUT2D eigenvalue weighted by molar-refractivity contribution is 4.69. The summed E-state index contributed by atoms with van der Waals surface area (Å²) in [6.07, 6.45) is -6.94. The second-order valence-electron chi connectivity index (χ2n) is 3.57. The zero-order chi connectivity index (χ0) is 12.6. The van der Waals surface area contributed by atoms with Gasteiger partial charge < -0.3 is 9.84 Å². The minimum Gasteiger partial charge on any atom is -0.393 e. The van der Waals surface area contributed by atoms with E-state index in [0.717, 1.165) is 0 Å². The average molecular weight is 246 g/mol. The second kappa shape index (κ2) is 8.75. The summed E-state index contributed by atoms with van der Waals surface area (Å²) in [5.74, 6) is 0. The van der Waals surface area contributed by atoms with Crippen LogP contribution >= 0.6 is 0 Å². The summed E-state index contributed by atoms with van der Waals surface area (Å²) in [6.45, 7) is -0.515. The first-order valence-corrected chi connectivity index (χ1v) is 5.27. The Labute approximate surface area is 92.6 Å². The standard InChI is InChI=1S/C10H18F4O2/c1-2-3-7(11)9(13)5-16-6-10(14)8(12)4-15/h7-10,15H,2-6H2,1H3/t7-,8?,9-,10?/m0/s1. The number of hydrogen-bond donors (Lipinski definition) is 1. The molecule has 0 aliphatic heterocycles. The van der Waals surface area contributed by atoms with Gasteiger partial charge in [0.25, 0.3) is 0 Å². The van der Waals surface area contributed by atoms with Gasteiger partial charge in [-0.3, -0.25) is 0 Å². The summed E-state index contributed by atoms with van der Waals surface area (Å²) in [4.78, 5) is 0. The third-order valence-corrected chi connectivity index (χ3v) is 2.08. The predicted molar refractivity (Wildman–Crippen MR) is 52.4 cm³/mol. The highest BCUT2D eigenvalue weighted by Gasteiger charge is 2.23. The number of hydrogen-bond acceptors (Lipinski definition) is 2. The molecule has 2 nitrogen and oxygen atoms in total. The Morgan fingerprint density at radius 2 is 1.44 bits per heavy atom. The van der Waals surface area contributed by atoms with Crippen LogP contribution in [0.25, 0.3) is 0 Å². The number of ether oxygens (including phenoxy) is 1. The smallest absolute Gasteiger partial charge is 0.157 e. The Balaban J connectivity index is 3.64. The van der Waals surface area contributed by atoms with Crippen molar-refractivity contribution in [2.45, 2.75) is 44.5 Å². The lowest BCUT2D eigenvalue weighted by Crippen LogP contribution is -2.29. The van der Waals surface area contributed by atoms with E-state index < -0.39 is 44.5 Å². The first-order chi connectivity index (χ1) is 7.52. The summed E-state index contributed by atoms with van der Waals surface area (Å²) >= 11 is 0. The lowest BCUT2D eigenvalue weighted by molar-refractivity contribution is -0.0102. The fraction of sp³-hybridized carbons (Fsp3) is 1.00. The lowest BCUT2D eigenvalue weighted by Gasteiger charge is -2.15. The number of aliphatic hydroxyl groups is 1. The highest BCUT2D eigenvalue weighted by Crippen LogP contribution is 2.12. The maximum Gasteiger partial charge on any atom is 0.157 e. The van der Waals surface area contributed by atoms with Crippen molar-refractivity contribution < 1.29 is 27.4 Å². The van der Waals surface area contributed by atoms with Gasteiger partial charge in [-0.15, -0.1) is 0 Å². The Kier molecular flexibility index (Phi) is 8.56. The third-order valence-electron chi connectivity index (χ3n) is 2.08. The van der Waals surface area contributed by atoms with Gasteiger partial charge >= 0.3 is 0 Å². The Hall–Kier alpha value is -0.360. The molecule has 4 atom stereocenters. The molecule has 2 unspecified atom stereocenters. The van der Waals surface area contributed by atoms with Crippen LogP contribution in [0, 0.1) is 0 Å². The van der Waals surface area contributed by atoms with Crippen LogP contribution < -0.4 is 0 Å². The van der Waals surface area contributed by atoms with Crippen LogP contribution in [-0.4, -0.2) is 49.6 Å². The van der Waals surface area contributed by atoms with E-state index >= 15 is 0 Å². The molecule has 0 fully saturated rings. The van der Waals surface area contributed by atoms with Crippen LogP contribution in [0.5, 0.6) is 0 Å². The van der Waals surface area contributed by atoms with E-state index in [0.29, 0.717) is 6.42 Å².